The summed E-state index contributed by atoms with van der Waals surface area (Å²) in [6.45, 7) is 0. The number of benzene rings is 7. The van der Waals surface area contributed by atoms with Crippen LogP contribution in [0.2, 0.25) is 0 Å². The zero-order chi connectivity index (χ0) is 34.4. The molecule has 0 spiro atoms. The Morgan fingerprint density at radius 2 is 0.942 bits per heavy atom. The highest BCUT2D eigenvalue weighted by Crippen LogP contribution is 2.51. The second kappa shape index (κ2) is 12.3. The number of fused-ring (bicyclic) bond motifs is 6. The van der Waals surface area contributed by atoms with Crippen LogP contribution in [0.3, 0.4) is 0 Å². The molecule has 0 N–H and O–H groups in total. The van der Waals surface area contributed by atoms with E-state index in [2.05, 4.69) is 82.3 Å². The van der Waals surface area contributed by atoms with Crippen molar-refractivity contribution in [3.8, 4) is 51.7 Å². The number of ether oxygens (including phenoxy) is 2. The van der Waals surface area contributed by atoms with Gasteiger partial charge in [0.25, 0.3) is 0 Å². The summed E-state index contributed by atoms with van der Waals surface area (Å²) in [5.41, 5.74) is 6.68. The second-order valence-electron chi connectivity index (χ2n) is 12.5. The Labute approximate surface area is 299 Å². The monoisotopic (exact) mass is 671 g/mol. The fraction of sp³-hybridized carbons (Fsp3) is 0. The second-order valence-corrected chi connectivity index (χ2v) is 12.5. The van der Waals surface area contributed by atoms with E-state index in [1.807, 2.05) is 103 Å². The molecule has 52 heavy (non-hydrogen) atoms. The third-order valence-corrected chi connectivity index (χ3v) is 9.29. The average molecular weight is 672 g/mol. The SMILES string of the molecule is c1ccc(-c2nc(-c3ccccc3)nc(-n3c4ccc(N(c5ccccc5)c5ccccc5)cc4c4c5c(ccc43)Oc3ccccc3O5)n2)cc1. The van der Waals surface area contributed by atoms with Gasteiger partial charge in [0.15, 0.2) is 34.6 Å². The standard InChI is InChI=1S/C45H29N5O2/c1-5-15-30(16-6-1)43-46-44(31-17-7-2-8-18-31)48-45(47-43)50-36-26-25-34(49(32-19-9-3-10-20-32)33-21-11-4-12-22-33)29-35(36)41-37(50)27-28-40-42(41)52-39-24-14-13-23-38(39)51-40/h1-29H. The largest absolute Gasteiger partial charge is 0.449 e. The first-order valence-corrected chi connectivity index (χ1v) is 17.1. The molecule has 0 radical (unpaired) electrons. The zero-order valence-electron chi connectivity index (χ0n) is 27.8. The van der Waals surface area contributed by atoms with E-state index < -0.39 is 0 Å². The van der Waals surface area contributed by atoms with Crippen molar-refractivity contribution in [1.29, 1.82) is 0 Å². The van der Waals surface area contributed by atoms with Gasteiger partial charge in [-0.25, -0.2) is 4.98 Å². The minimum atomic E-state index is 0.500. The van der Waals surface area contributed by atoms with Crippen molar-refractivity contribution in [1.82, 2.24) is 19.5 Å². The predicted octanol–water partition coefficient (Wildman–Crippen LogP) is 11.7. The van der Waals surface area contributed by atoms with E-state index in [4.69, 9.17) is 24.4 Å². The number of nitrogens with zero attached hydrogens (tertiary/aromatic N) is 5. The number of aromatic nitrogens is 4. The van der Waals surface area contributed by atoms with Crippen LogP contribution in [-0.2, 0) is 0 Å². The van der Waals surface area contributed by atoms with E-state index in [9.17, 15) is 0 Å². The van der Waals surface area contributed by atoms with Gasteiger partial charge in [-0.2, -0.15) is 9.97 Å². The molecule has 7 nitrogen and oxygen atoms in total. The zero-order valence-corrected chi connectivity index (χ0v) is 27.8. The highest BCUT2D eigenvalue weighted by molar-refractivity contribution is 6.14. The van der Waals surface area contributed by atoms with Gasteiger partial charge in [0.1, 0.15) is 0 Å². The maximum absolute atomic E-state index is 6.70. The molecular formula is C45H29N5O2. The van der Waals surface area contributed by atoms with Crippen LogP contribution in [0.15, 0.2) is 176 Å². The van der Waals surface area contributed by atoms with Crippen molar-refractivity contribution in [3.05, 3.63) is 176 Å². The summed E-state index contributed by atoms with van der Waals surface area (Å²) < 4.78 is 15.2. The highest BCUT2D eigenvalue weighted by atomic mass is 16.6. The summed E-state index contributed by atoms with van der Waals surface area (Å²) in [4.78, 5) is 17.5. The van der Waals surface area contributed by atoms with E-state index in [-0.39, 0.29) is 0 Å². The molecule has 7 heteroatoms. The van der Waals surface area contributed by atoms with Crippen molar-refractivity contribution in [2.75, 3.05) is 4.90 Å². The Morgan fingerprint density at radius 3 is 1.54 bits per heavy atom. The van der Waals surface area contributed by atoms with Crippen LogP contribution in [0, 0.1) is 0 Å². The molecule has 0 aliphatic carbocycles. The average Bonchev–Trinajstić information content (AvgIpc) is 3.56. The topological polar surface area (TPSA) is 65.3 Å². The van der Waals surface area contributed by atoms with E-state index in [0.29, 0.717) is 40.6 Å². The summed E-state index contributed by atoms with van der Waals surface area (Å²) in [5.74, 6) is 4.29. The van der Waals surface area contributed by atoms with E-state index in [1.54, 1.807) is 0 Å². The third-order valence-electron chi connectivity index (χ3n) is 9.29. The van der Waals surface area contributed by atoms with Crippen molar-refractivity contribution < 1.29 is 9.47 Å². The van der Waals surface area contributed by atoms with Gasteiger partial charge in [-0.05, 0) is 66.7 Å². The van der Waals surface area contributed by atoms with E-state index in [0.717, 1.165) is 50.0 Å². The Hall–Kier alpha value is -7.25. The predicted molar refractivity (Wildman–Crippen MR) is 206 cm³/mol. The van der Waals surface area contributed by atoms with Crippen molar-refractivity contribution in [2.45, 2.75) is 0 Å². The van der Waals surface area contributed by atoms with Crippen LogP contribution >= 0.6 is 0 Å². The quantitative estimate of drug-likeness (QED) is 0.175. The Kier molecular flexibility index (Phi) is 6.99. The fourth-order valence-electron chi connectivity index (χ4n) is 6.93. The van der Waals surface area contributed by atoms with Crippen molar-refractivity contribution in [2.24, 2.45) is 0 Å². The van der Waals surface area contributed by atoms with Crippen LogP contribution < -0.4 is 14.4 Å². The lowest BCUT2D eigenvalue weighted by atomic mass is 10.1. The first kappa shape index (κ1) is 29.6. The number of rotatable bonds is 6. The van der Waals surface area contributed by atoms with Crippen LogP contribution in [-0.4, -0.2) is 19.5 Å². The normalized spacial score (nSPS) is 11.8. The van der Waals surface area contributed by atoms with Gasteiger partial charge in [0.05, 0.1) is 16.4 Å². The Balaban J connectivity index is 1.27. The molecule has 9 aromatic rings. The van der Waals surface area contributed by atoms with Crippen LogP contribution in [0.4, 0.5) is 17.1 Å². The van der Waals surface area contributed by atoms with Gasteiger partial charge in [0.2, 0.25) is 5.95 Å². The lowest BCUT2D eigenvalue weighted by Gasteiger charge is -2.25. The van der Waals surface area contributed by atoms with Crippen LogP contribution in [0.1, 0.15) is 0 Å². The van der Waals surface area contributed by atoms with Gasteiger partial charge in [-0.1, -0.05) is 109 Å². The van der Waals surface area contributed by atoms with Gasteiger partial charge in [-0.15, -0.1) is 0 Å². The molecule has 246 valence electrons. The van der Waals surface area contributed by atoms with Gasteiger partial charge in [0, 0.05) is 33.6 Å². The first-order chi connectivity index (χ1) is 25.8. The van der Waals surface area contributed by atoms with Gasteiger partial charge < -0.3 is 14.4 Å². The highest BCUT2D eigenvalue weighted by Gasteiger charge is 2.27. The summed E-state index contributed by atoms with van der Waals surface area (Å²) >= 11 is 0. The molecule has 0 amide bonds. The number of hydrogen-bond acceptors (Lipinski definition) is 6. The molecule has 0 fully saturated rings. The third kappa shape index (κ3) is 5.03. The molecule has 0 unspecified atom stereocenters. The molecule has 0 bridgehead atoms. The fourth-order valence-corrected chi connectivity index (χ4v) is 6.93. The molecule has 3 heterocycles. The number of para-hydroxylation sites is 4. The van der Waals surface area contributed by atoms with Crippen molar-refractivity contribution >= 4 is 38.9 Å². The molecule has 7 aromatic carbocycles. The Bertz CT molecular complexity index is 2640. The maximum atomic E-state index is 6.70. The summed E-state index contributed by atoms with van der Waals surface area (Å²) in [6, 6.07) is 59.1. The molecule has 1 aliphatic rings. The van der Waals surface area contributed by atoms with Crippen LogP contribution in [0.25, 0.3) is 50.5 Å². The van der Waals surface area contributed by atoms with E-state index in [1.165, 1.54) is 0 Å². The van der Waals surface area contributed by atoms with Crippen molar-refractivity contribution in [3.63, 3.8) is 0 Å². The molecule has 2 aromatic heterocycles. The molecular weight excluding hydrogens is 643 g/mol. The molecule has 0 saturated heterocycles. The first-order valence-electron chi connectivity index (χ1n) is 17.1. The summed E-state index contributed by atoms with van der Waals surface area (Å²) in [7, 11) is 0. The smallest absolute Gasteiger partial charge is 0.238 e. The molecule has 10 rings (SSSR count). The lowest BCUT2D eigenvalue weighted by molar-refractivity contribution is 0.363. The van der Waals surface area contributed by atoms with E-state index >= 15 is 0 Å². The molecule has 0 saturated carbocycles. The molecule has 1 aliphatic heterocycles. The summed E-state index contributed by atoms with van der Waals surface area (Å²) in [6.07, 6.45) is 0. The maximum Gasteiger partial charge on any atom is 0.238 e. The minimum absolute atomic E-state index is 0.500. The minimum Gasteiger partial charge on any atom is -0.449 e. The lowest BCUT2D eigenvalue weighted by Crippen LogP contribution is -2.09. The molecule has 0 atom stereocenters. The number of anilines is 3. The van der Waals surface area contributed by atoms with Crippen LogP contribution in [0.5, 0.6) is 23.0 Å². The van der Waals surface area contributed by atoms with Gasteiger partial charge >= 0.3 is 0 Å². The Morgan fingerprint density at radius 1 is 0.423 bits per heavy atom. The van der Waals surface area contributed by atoms with Gasteiger partial charge in [-0.3, -0.25) is 4.57 Å². The number of hydrogen-bond donors (Lipinski definition) is 0. The summed E-state index contributed by atoms with van der Waals surface area (Å²) in [5, 5.41) is 1.86.